The molecule has 178 valence electrons. The first-order valence-electron chi connectivity index (χ1n) is 11.7. The largest absolute Gasteiger partial charge is 0.486 e. The summed E-state index contributed by atoms with van der Waals surface area (Å²) in [5.74, 6) is 1.61. The number of piperidine rings is 1. The highest BCUT2D eigenvalue weighted by atomic mass is 16.6. The van der Waals surface area contributed by atoms with Gasteiger partial charge in [0.1, 0.15) is 13.2 Å². The maximum absolute atomic E-state index is 12.9. The molecule has 0 aliphatic carbocycles. The van der Waals surface area contributed by atoms with E-state index >= 15 is 0 Å². The standard InChI is InChI=1S/C26H36N4O3/c1-5-8-20(7-3)23(9-6-2)29(4)19-26(31)30-12-10-21(11-13-30)27-17-22-16-24-25(18-28-22)33-15-14-32-24/h5-6,8-9,16,18,21,27H,1-2,7,10-15,17,19H2,3-4H3/b20-8-,23-9+. The van der Waals surface area contributed by atoms with Crippen LogP contribution in [0.2, 0.25) is 0 Å². The number of carbonyl (C=O) groups is 1. The van der Waals surface area contributed by atoms with Crippen molar-refractivity contribution in [3.63, 3.8) is 0 Å². The molecule has 0 radical (unpaired) electrons. The Hall–Kier alpha value is -3.06. The minimum Gasteiger partial charge on any atom is -0.486 e. The lowest BCUT2D eigenvalue weighted by Crippen LogP contribution is -2.47. The molecule has 7 nitrogen and oxygen atoms in total. The molecule has 1 fully saturated rings. The van der Waals surface area contributed by atoms with Crippen LogP contribution >= 0.6 is 0 Å². The molecule has 33 heavy (non-hydrogen) atoms. The van der Waals surface area contributed by atoms with Crippen LogP contribution in [0.1, 0.15) is 31.9 Å². The molecule has 0 aromatic carbocycles. The number of amides is 1. The fourth-order valence-corrected chi connectivity index (χ4v) is 4.17. The zero-order valence-electron chi connectivity index (χ0n) is 19.9. The Bertz CT molecular complexity index is 901. The molecular formula is C26H36N4O3. The highest BCUT2D eigenvalue weighted by molar-refractivity contribution is 5.78. The molecule has 1 N–H and O–H groups in total. The molecule has 0 saturated carbocycles. The number of hydrogen-bond donors (Lipinski definition) is 1. The van der Waals surface area contributed by atoms with Gasteiger partial charge >= 0.3 is 0 Å². The zero-order valence-corrected chi connectivity index (χ0v) is 19.9. The van der Waals surface area contributed by atoms with Gasteiger partial charge in [0.15, 0.2) is 11.5 Å². The summed E-state index contributed by atoms with van der Waals surface area (Å²) in [5.41, 5.74) is 3.07. The van der Waals surface area contributed by atoms with Gasteiger partial charge in [-0.05, 0) is 30.9 Å². The third kappa shape index (κ3) is 6.71. The van der Waals surface area contributed by atoms with Crippen LogP contribution in [0.3, 0.4) is 0 Å². The third-order valence-corrected chi connectivity index (χ3v) is 5.99. The van der Waals surface area contributed by atoms with E-state index in [1.165, 1.54) is 0 Å². The highest BCUT2D eigenvalue weighted by Gasteiger charge is 2.24. The minimum absolute atomic E-state index is 0.147. The second-order valence-corrected chi connectivity index (χ2v) is 8.28. The predicted octanol–water partition coefficient (Wildman–Crippen LogP) is 3.46. The van der Waals surface area contributed by atoms with Crippen molar-refractivity contribution in [2.45, 2.75) is 38.8 Å². The predicted molar refractivity (Wildman–Crippen MR) is 131 cm³/mol. The summed E-state index contributed by atoms with van der Waals surface area (Å²) in [7, 11) is 1.95. The Kier molecular flexibility index (Phi) is 9.13. The quantitative estimate of drug-likeness (QED) is 0.549. The third-order valence-electron chi connectivity index (χ3n) is 5.99. The zero-order chi connectivity index (χ0) is 23.6. The second kappa shape index (κ2) is 12.3. The van der Waals surface area contributed by atoms with Gasteiger partial charge in [0.05, 0.1) is 18.4 Å². The molecule has 1 saturated heterocycles. The number of hydrogen-bond acceptors (Lipinski definition) is 6. The van der Waals surface area contributed by atoms with Crippen LogP contribution in [-0.2, 0) is 11.3 Å². The number of allylic oxidation sites excluding steroid dienone is 5. The van der Waals surface area contributed by atoms with Crippen LogP contribution in [-0.4, -0.2) is 66.6 Å². The lowest BCUT2D eigenvalue weighted by molar-refractivity contribution is -0.132. The van der Waals surface area contributed by atoms with E-state index in [9.17, 15) is 4.79 Å². The van der Waals surface area contributed by atoms with E-state index in [4.69, 9.17) is 9.47 Å². The number of rotatable bonds is 10. The van der Waals surface area contributed by atoms with Crippen molar-refractivity contribution in [1.29, 1.82) is 0 Å². The van der Waals surface area contributed by atoms with Gasteiger partial charge in [-0.15, -0.1) is 0 Å². The molecule has 3 heterocycles. The Morgan fingerprint density at radius 1 is 1.21 bits per heavy atom. The average molecular weight is 453 g/mol. The van der Waals surface area contributed by atoms with Gasteiger partial charge in [0, 0.05) is 44.5 Å². The Labute approximate surface area is 197 Å². The van der Waals surface area contributed by atoms with Crippen molar-refractivity contribution in [3.8, 4) is 11.5 Å². The number of likely N-dealkylation sites (N-methyl/N-ethyl adjacent to an activating group) is 1. The summed E-state index contributed by atoms with van der Waals surface area (Å²) in [6.45, 7) is 13.4. The van der Waals surface area contributed by atoms with Gasteiger partial charge in [-0.25, -0.2) is 0 Å². The normalized spacial score (nSPS) is 17.0. The number of nitrogens with zero attached hydrogens (tertiary/aromatic N) is 3. The fraction of sp³-hybridized carbons (Fsp3) is 0.462. The molecule has 0 spiro atoms. The van der Waals surface area contributed by atoms with Gasteiger partial charge in [-0.2, -0.15) is 0 Å². The average Bonchev–Trinajstić information content (AvgIpc) is 2.85. The van der Waals surface area contributed by atoms with E-state index in [2.05, 4.69) is 30.4 Å². The minimum atomic E-state index is 0.147. The summed E-state index contributed by atoms with van der Waals surface area (Å²) in [4.78, 5) is 21.4. The molecule has 2 aliphatic rings. The van der Waals surface area contributed by atoms with Crippen molar-refractivity contribution in [3.05, 3.63) is 66.7 Å². The number of fused-ring (bicyclic) bond motifs is 1. The molecule has 1 aromatic heterocycles. The van der Waals surface area contributed by atoms with Crippen molar-refractivity contribution in [2.75, 3.05) is 39.9 Å². The Morgan fingerprint density at radius 3 is 2.58 bits per heavy atom. The number of ether oxygens (including phenoxy) is 2. The molecular weight excluding hydrogens is 416 g/mol. The number of likely N-dealkylation sites (tertiary alicyclic amines) is 1. The van der Waals surface area contributed by atoms with Gasteiger partial charge in [0.25, 0.3) is 0 Å². The Balaban J connectivity index is 1.47. The summed E-state index contributed by atoms with van der Waals surface area (Å²) in [6, 6.07) is 2.30. The first-order valence-corrected chi connectivity index (χ1v) is 11.7. The van der Waals surface area contributed by atoms with Crippen molar-refractivity contribution in [1.82, 2.24) is 20.1 Å². The van der Waals surface area contributed by atoms with Crippen LogP contribution in [0.4, 0.5) is 0 Å². The fourth-order valence-electron chi connectivity index (χ4n) is 4.17. The summed E-state index contributed by atoms with van der Waals surface area (Å²) < 4.78 is 11.2. The lowest BCUT2D eigenvalue weighted by Gasteiger charge is -2.34. The molecule has 0 unspecified atom stereocenters. The summed E-state index contributed by atoms with van der Waals surface area (Å²) in [5, 5.41) is 3.57. The van der Waals surface area contributed by atoms with E-state index in [1.807, 2.05) is 35.1 Å². The van der Waals surface area contributed by atoms with Gasteiger partial charge in [-0.1, -0.05) is 38.3 Å². The number of aromatic nitrogens is 1. The van der Waals surface area contributed by atoms with E-state index in [1.54, 1.807) is 18.3 Å². The van der Waals surface area contributed by atoms with Crippen LogP contribution in [0.5, 0.6) is 11.5 Å². The Morgan fingerprint density at radius 2 is 1.91 bits per heavy atom. The van der Waals surface area contributed by atoms with Crippen LogP contribution in [0.15, 0.2) is 61.0 Å². The van der Waals surface area contributed by atoms with Crippen molar-refractivity contribution < 1.29 is 14.3 Å². The summed E-state index contributed by atoms with van der Waals surface area (Å²) >= 11 is 0. The summed E-state index contributed by atoms with van der Waals surface area (Å²) in [6.07, 6.45) is 11.9. The smallest absolute Gasteiger partial charge is 0.242 e. The van der Waals surface area contributed by atoms with Crippen LogP contribution in [0, 0.1) is 0 Å². The van der Waals surface area contributed by atoms with E-state index in [0.29, 0.717) is 38.1 Å². The molecule has 7 heteroatoms. The van der Waals surface area contributed by atoms with E-state index in [-0.39, 0.29) is 5.91 Å². The van der Waals surface area contributed by atoms with Gasteiger partial charge in [0.2, 0.25) is 5.91 Å². The maximum atomic E-state index is 12.9. The van der Waals surface area contributed by atoms with Gasteiger partial charge in [-0.3, -0.25) is 9.78 Å². The maximum Gasteiger partial charge on any atom is 0.242 e. The van der Waals surface area contributed by atoms with Gasteiger partial charge < -0.3 is 24.6 Å². The van der Waals surface area contributed by atoms with E-state index < -0.39 is 0 Å². The number of carbonyl (C=O) groups excluding carboxylic acids is 1. The molecule has 0 bridgehead atoms. The van der Waals surface area contributed by atoms with Crippen molar-refractivity contribution >= 4 is 5.91 Å². The molecule has 1 amide bonds. The van der Waals surface area contributed by atoms with Crippen LogP contribution < -0.4 is 14.8 Å². The first kappa shape index (κ1) is 24.6. The highest BCUT2D eigenvalue weighted by Crippen LogP contribution is 2.29. The molecule has 3 rings (SSSR count). The molecule has 0 atom stereocenters. The van der Waals surface area contributed by atoms with Crippen molar-refractivity contribution in [2.24, 2.45) is 0 Å². The topological polar surface area (TPSA) is 66.9 Å². The molecule has 1 aromatic rings. The SMILES string of the molecule is C=C/C=C(CC)\C(=C/C=C)N(C)CC(=O)N1CCC(NCc2cc3c(cn2)OCCO3)CC1. The monoisotopic (exact) mass is 452 g/mol. The number of pyridine rings is 1. The first-order chi connectivity index (χ1) is 16.0. The molecule has 2 aliphatic heterocycles. The number of nitrogens with one attached hydrogen (secondary N) is 1. The second-order valence-electron chi connectivity index (χ2n) is 8.28. The van der Waals surface area contributed by atoms with E-state index in [0.717, 1.165) is 55.1 Å². The lowest BCUT2D eigenvalue weighted by atomic mass is 10.0. The van der Waals surface area contributed by atoms with Crippen LogP contribution in [0.25, 0.3) is 0 Å².